The summed E-state index contributed by atoms with van der Waals surface area (Å²) < 4.78 is 5.67. The van der Waals surface area contributed by atoms with E-state index in [0.717, 1.165) is 6.42 Å². The van der Waals surface area contributed by atoms with Crippen molar-refractivity contribution in [1.29, 1.82) is 4.35 Å². The molecule has 5 N–H and O–H groups in total. The molecule has 0 aliphatic heterocycles. The quantitative estimate of drug-likeness (QED) is 0.332. The Bertz CT molecular complexity index is 392. The van der Waals surface area contributed by atoms with E-state index in [1.807, 2.05) is 20.8 Å². The van der Waals surface area contributed by atoms with E-state index in [9.17, 15) is 9.59 Å². The van der Waals surface area contributed by atoms with Crippen LogP contribution in [-0.2, 0) is 9.59 Å². The average Bonchev–Trinajstić information content (AvgIpc) is 2.52. The molecule has 0 saturated heterocycles. The summed E-state index contributed by atoms with van der Waals surface area (Å²) in [6, 6.07) is 0. The Labute approximate surface area is 162 Å². The molecule has 0 saturated carbocycles. The van der Waals surface area contributed by atoms with Crippen LogP contribution >= 0.6 is 0 Å². The number of hydrogen-bond acceptors (Lipinski definition) is 5. The predicted molar refractivity (Wildman–Crippen MR) is 102 cm³/mol. The number of aliphatic hydroxyl groups excluding tert-OH is 2. The molecule has 0 bridgehead atoms. The van der Waals surface area contributed by atoms with Gasteiger partial charge in [0.25, 0.3) is 0 Å². The summed E-state index contributed by atoms with van der Waals surface area (Å²) in [6.07, 6.45) is -0.163. The molecule has 9 heteroatoms. The van der Waals surface area contributed by atoms with Crippen molar-refractivity contribution in [2.24, 2.45) is 5.41 Å². The fourth-order valence-electron chi connectivity index (χ4n) is 1.03. The van der Waals surface area contributed by atoms with Crippen molar-refractivity contribution in [3.8, 4) is 0 Å². The monoisotopic (exact) mass is 369 g/mol. The van der Waals surface area contributed by atoms with Gasteiger partial charge in [0.2, 0.25) is 11.8 Å². The van der Waals surface area contributed by atoms with Crippen molar-refractivity contribution in [1.82, 2.24) is 10.6 Å². The molecule has 2 amide bonds. The molecular formula is C16H33AlBN3O4. The van der Waals surface area contributed by atoms with Gasteiger partial charge in [-0.3, -0.25) is 9.59 Å². The summed E-state index contributed by atoms with van der Waals surface area (Å²) in [5.41, 5.74) is 0.134. The number of rotatable bonds is 7. The zero-order valence-corrected chi connectivity index (χ0v) is 17.5. The number of carbonyl (C=O) groups excluding carboxylic acids is 2. The molecule has 0 aromatic carbocycles. The molecule has 7 nitrogen and oxygen atoms in total. The Morgan fingerprint density at radius 2 is 1.48 bits per heavy atom. The van der Waals surface area contributed by atoms with Crippen molar-refractivity contribution >= 4 is 36.3 Å². The second kappa shape index (κ2) is 17.8. The minimum atomic E-state index is -0.497. The summed E-state index contributed by atoms with van der Waals surface area (Å²) in [7, 11) is 0. The van der Waals surface area contributed by atoms with E-state index in [0.29, 0.717) is 12.1 Å². The minimum absolute atomic E-state index is 0. The van der Waals surface area contributed by atoms with Gasteiger partial charge in [0, 0.05) is 32.5 Å². The average molecular weight is 369 g/mol. The van der Waals surface area contributed by atoms with Gasteiger partial charge in [-0.1, -0.05) is 27.4 Å². The Balaban J connectivity index is -0.000000156. The molecule has 0 fully saturated rings. The van der Waals surface area contributed by atoms with Crippen LogP contribution in [0.25, 0.3) is 0 Å². The van der Waals surface area contributed by atoms with E-state index in [1.54, 1.807) is 36.9 Å². The van der Waals surface area contributed by atoms with Crippen LogP contribution in [0, 0.1) is 9.76 Å². The second-order valence-electron chi connectivity index (χ2n) is 6.14. The van der Waals surface area contributed by atoms with E-state index in [4.69, 9.17) is 14.6 Å². The van der Waals surface area contributed by atoms with Crippen molar-refractivity contribution in [3.05, 3.63) is 12.2 Å². The molecule has 0 rings (SSSR count). The first-order valence-corrected chi connectivity index (χ1v) is 8.38. The number of nitrogens with one attached hydrogen (secondary N) is 3. The van der Waals surface area contributed by atoms with Crippen LogP contribution < -0.4 is 10.6 Å². The van der Waals surface area contributed by atoms with Gasteiger partial charge >= 0.3 is 20.4 Å². The predicted octanol–water partition coefficient (Wildman–Crippen LogP) is 0.516. The van der Waals surface area contributed by atoms with Crippen LogP contribution in [0.15, 0.2) is 12.2 Å². The number of carbonyl (C=O) groups is 2. The molecule has 0 heterocycles. The van der Waals surface area contributed by atoms with Gasteiger partial charge in [-0.25, -0.2) is 0 Å². The standard InChI is InChI=1S/C9H19NO2.C7H13NO2.Al.B.HN/c1-5-9(3,4)8(12)10-6-7(2)11;1-5(2)7(10)8-4-6(3)9;;;/h7,11H,5-6H2,1-4H3,(H,10,12);6,9H,1,4H2,2-3H3,(H,8,10);;;1H. The van der Waals surface area contributed by atoms with Crippen LogP contribution in [0.4, 0.5) is 0 Å². The molecular weight excluding hydrogens is 336 g/mol. The van der Waals surface area contributed by atoms with Gasteiger partial charge in [-0.2, -0.15) is 0 Å². The van der Waals surface area contributed by atoms with Gasteiger partial charge < -0.3 is 20.8 Å². The Kier molecular flexibility index (Phi) is 22.6. The Morgan fingerprint density at radius 3 is 1.76 bits per heavy atom. The van der Waals surface area contributed by atoms with E-state index in [2.05, 4.69) is 17.2 Å². The fourth-order valence-corrected chi connectivity index (χ4v) is 1.03. The van der Waals surface area contributed by atoms with Crippen molar-refractivity contribution < 1.29 is 19.8 Å². The second-order valence-corrected chi connectivity index (χ2v) is 6.14. The van der Waals surface area contributed by atoms with Gasteiger partial charge in [0.05, 0.1) is 12.2 Å². The van der Waals surface area contributed by atoms with Crippen LogP contribution in [0.2, 0.25) is 0 Å². The molecule has 4 radical (unpaired) electrons. The third kappa shape index (κ3) is 21.0. The molecule has 2 atom stereocenters. The van der Waals surface area contributed by atoms with Gasteiger partial charge in [0.15, 0.2) is 0 Å². The topological polar surface area (TPSA) is 123 Å². The number of amides is 2. The summed E-state index contributed by atoms with van der Waals surface area (Å²) in [5, 5.41) is 22.8. The van der Waals surface area contributed by atoms with Crippen molar-refractivity contribution in [2.45, 2.75) is 60.2 Å². The van der Waals surface area contributed by atoms with Gasteiger partial charge in [0.1, 0.15) is 0 Å². The first-order valence-electron chi connectivity index (χ1n) is 7.81. The summed E-state index contributed by atoms with van der Waals surface area (Å²) in [5.74, 6) is -0.202. The Hall–Kier alpha value is -1.00. The fraction of sp³-hybridized carbons (Fsp3) is 0.750. The third-order valence-electron chi connectivity index (χ3n) is 3.00. The number of hydrogen-bond donors (Lipinski definition) is 5. The van der Waals surface area contributed by atoms with Gasteiger partial charge in [-0.05, 0) is 27.2 Å². The van der Waals surface area contributed by atoms with Crippen molar-refractivity contribution in [2.75, 3.05) is 13.1 Å². The molecule has 0 spiro atoms. The molecule has 2 unspecified atom stereocenters. The summed E-state index contributed by atoms with van der Waals surface area (Å²) in [4.78, 5) is 22.1. The summed E-state index contributed by atoms with van der Waals surface area (Å²) in [6.45, 7) is 14.7. The number of aliphatic hydroxyl groups is 2. The van der Waals surface area contributed by atoms with Crippen molar-refractivity contribution in [3.63, 3.8) is 0 Å². The van der Waals surface area contributed by atoms with E-state index in [-0.39, 0.29) is 32.2 Å². The maximum atomic E-state index is 11.4. The first-order chi connectivity index (χ1) is 10.9. The summed E-state index contributed by atoms with van der Waals surface area (Å²) >= 11 is 1.67. The van der Waals surface area contributed by atoms with Crippen LogP contribution in [0.3, 0.4) is 0 Å². The van der Waals surface area contributed by atoms with E-state index in [1.165, 1.54) is 0 Å². The molecule has 142 valence electrons. The van der Waals surface area contributed by atoms with E-state index >= 15 is 0 Å². The molecule has 0 aromatic heterocycles. The normalized spacial score (nSPS) is 11.8. The van der Waals surface area contributed by atoms with E-state index < -0.39 is 12.2 Å². The zero-order valence-electron chi connectivity index (χ0n) is 16.3. The van der Waals surface area contributed by atoms with Gasteiger partial charge in [-0.15, -0.1) is 0 Å². The molecule has 0 aliphatic carbocycles. The maximum absolute atomic E-state index is 11.4. The molecule has 0 aliphatic rings. The SMILES string of the molecule is C=C(C)C(=O)NCC(C)O.CCC(C)(C)C(=O)NCC(C)O.[B].[NH]=[Al]. The zero-order chi connectivity index (χ0) is 19.9. The van der Waals surface area contributed by atoms with Crippen LogP contribution in [0.1, 0.15) is 48.0 Å². The molecule has 25 heavy (non-hydrogen) atoms. The van der Waals surface area contributed by atoms with Crippen LogP contribution in [-0.4, -0.2) is 71.8 Å². The molecule has 0 aromatic rings. The first kappa shape index (κ1) is 31.7. The Morgan fingerprint density at radius 1 is 1.12 bits per heavy atom. The van der Waals surface area contributed by atoms with Crippen LogP contribution in [0.5, 0.6) is 0 Å². The third-order valence-corrected chi connectivity index (χ3v) is 3.00.